The third-order valence-electron chi connectivity index (χ3n) is 2.87. The van der Waals surface area contributed by atoms with Crippen LogP contribution >= 0.6 is 0 Å². The Morgan fingerprint density at radius 3 is 2.43 bits per heavy atom. The van der Waals surface area contributed by atoms with Gasteiger partial charge < -0.3 is 9.84 Å². The van der Waals surface area contributed by atoms with Crippen LogP contribution < -0.4 is 4.74 Å². The summed E-state index contributed by atoms with van der Waals surface area (Å²) < 4.78 is 6.25. The number of benzene rings is 1. The molecule has 1 aromatic heterocycles. The van der Waals surface area contributed by atoms with Crippen LogP contribution in [-0.2, 0) is 6.73 Å². The lowest BCUT2D eigenvalue weighted by molar-refractivity contribution is -0.385. The van der Waals surface area contributed by atoms with Gasteiger partial charge in [0, 0.05) is 11.6 Å². The van der Waals surface area contributed by atoms with E-state index < -0.39 is 27.2 Å². The van der Waals surface area contributed by atoms with Crippen LogP contribution in [-0.4, -0.2) is 30.7 Å². The summed E-state index contributed by atoms with van der Waals surface area (Å²) in [4.78, 5) is 30.9. The van der Waals surface area contributed by atoms with Crippen molar-refractivity contribution >= 4 is 17.3 Å². The maximum Gasteiger partial charge on any atom is 0.363 e. The molecule has 2 aromatic rings. The molecule has 0 radical (unpaired) electrons. The maximum absolute atomic E-state index is 10.9. The zero-order chi connectivity index (χ0) is 17.1. The van der Waals surface area contributed by atoms with Crippen molar-refractivity contribution in [3.63, 3.8) is 0 Å². The summed E-state index contributed by atoms with van der Waals surface area (Å²) >= 11 is 0. The zero-order valence-corrected chi connectivity index (χ0v) is 11.7. The monoisotopic (exact) mass is 322 g/mol. The highest BCUT2D eigenvalue weighted by Crippen LogP contribution is 2.23. The molecule has 0 spiro atoms. The molecule has 0 unspecified atom stereocenters. The van der Waals surface area contributed by atoms with E-state index in [2.05, 4.69) is 5.10 Å². The number of rotatable bonds is 6. The van der Waals surface area contributed by atoms with E-state index in [0.717, 1.165) is 10.9 Å². The number of carbonyl (C=O) groups is 1. The van der Waals surface area contributed by atoms with E-state index in [0.29, 0.717) is 5.56 Å². The fourth-order valence-corrected chi connectivity index (χ4v) is 1.83. The van der Waals surface area contributed by atoms with Crippen LogP contribution in [0.1, 0.15) is 16.1 Å². The molecule has 1 aromatic carbocycles. The molecule has 11 nitrogen and oxygen atoms in total. The van der Waals surface area contributed by atoms with Crippen molar-refractivity contribution in [1.82, 2.24) is 9.78 Å². The van der Waals surface area contributed by atoms with Crippen LogP contribution in [0.5, 0.6) is 5.75 Å². The van der Waals surface area contributed by atoms with Crippen LogP contribution in [0.4, 0.5) is 11.4 Å². The topological polar surface area (TPSA) is 151 Å². The Kier molecular flexibility index (Phi) is 4.21. The third-order valence-corrected chi connectivity index (χ3v) is 2.87. The van der Waals surface area contributed by atoms with E-state index in [4.69, 9.17) is 9.84 Å². The summed E-state index contributed by atoms with van der Waals surface area (Å²) in [6.07, 6.45) is 0.932. The van der Waals surface area contributed by atoms with Crippen molar-refractivity contribution in [2.24, 2.45) is 0 Å². The molecule has 0 amide bonds. The Hall–Kier alpha value is -3.50. The average Bonchev–Trinajstić information content (AvgIpc) is 2.89. The molecule has 2 rings (SSSR count). The van der Waals surface area contributed by atoms with Gasteiger partial charge in [-0.05, 0) is 19.1 Å². The number of nitro benzene ring substituents is 1. The number of nitrogens with zero attached hydrogens (tertiary/aromatic N) is 4. The van der Waals surface area contributed by atoms with Gasteiger partial charge in [-0.25, -0.2) is 9.48 Å². The van der Waals surface area contributed by atoms with Gasteiger partial charge in [-0.2, -0.15) is 5.10 Å². The lowest BCUT2D eigenvalue weighted by Gasteiger charge is -2.06. The van der Waals surface area contributed by atoms with Gasteiger partial charge in [0.15, 0.2) is 6.73 Å². The number of carboxylic acids is 1. The molecular weight excluding hydrogens is 312 g/mol. The summed E-state index contributed by atoms with van der Waals surface area (Å²) in [7, 11) is 0. The van der Waals surface area contributed by atoms with Crippen molar-refractivity contribution in [2.75, 3.05) is 0 Å². The van der Waals surface area contributed by atoms with E-state index in [1.807, 2.05) is 0 Å². The molecule has 1 heterocycles. The lowest BCUT2D eigenvalue weighted by atomic mass is 10.2. The molecule has 0 atom stereocenters. The molecule has 120 valence electrons. The normalized spacial score (nSPS) is 10.3. The number of ether oxygens (including phenoxy) is 1. The number of hydrogen-bond acceptors (Lipinski definition) is 7. The molecule has 0 aliphatic heterocycles. The van der Waals surface area contributed by atoms with Crippen LogP contribution in [0.15, 0.2) is 24.4 Å². The first-order valence-electron chi connectivity index (χ1n) is 6.12. The second-order valence-electron chi connectivity index (χ2n) is 4.44. The second kappa shape index (κ2) is 6.09. The Labute approximate surface area is 128 Å². The number of aromatic nitrogens is 2. The molecule has 0 saturated heterocycles. The molecule has 0 fully saturated rings. The van der Waals surface area contributed by atoms with Gasteiger partial charge >= 0.3 is 11.7 Å². The number of aryl methyl sites for hydroxylation is 1. The minimum absolute atomic E-state index is 0.0692. The maximum atomic E-state index is 10.9. The number of aromatic carboxylic acids is 1. The summed E-state index contributed by atoms with van der Waals surface area (Å²) in [6.45, 7) is 1.25. The van der Waals surface area contributed by atoms with Crippen LogP contribution in [0.2, 0.25) is 0 Å². The van der Waals surface area contributed by atoms with Crippen LogP contribution in [0.25, 0.3) is 0 Å². The summed E-state index contributed by atoms with van der Waals surface area (Å²) in [5.74, 6) is -1.25. The smallest absolute Gasteiger partial charge is 0.363 e. The molecule has 0 saturated carbocycles. The van der Waals surface area contributed by atoms with Crippen LogP contribution in [0.3, 0.4) is 0 Å². The second-order valence-corrected chi connectivity index (χ2v) is 4.44. The minimum atomic E-state index is -1.53. The first-order valence-corrected chi connectivity index (χ1v) is 6.12. The Balaban J connectivity index is 2.17. The van der Waals surface area contributed by atoms with Crippen molar-refractivity contribution in [3.05, 3.63) is 55.9 Å². The van der Waals surface area contributed by atoms with Crippen molar-refractivity contribution < 1.29 is 24.5 Å². The molecule has 1 N–H and O–H groups in total. The summed E-state index contributed by atoms with van der Waals surface area (Å²) in [5.41, 5.74) is -1.04. The highest BCUT2D eigenvalue weighted by molar-refractivity contribution is 5.89. The SMILES string of the molecule is Cc1cc(OCn2cc([N+](=O)[O-])c(C(=O)O)n2)ccc1[N+](=O)[O-]. The Morgan fingerprint density at radius 1 is 1.30 bits per heavy atom. The first-order chi connectivity index (χ1) is 10.8. The quantitative estimate of drug-likeness (QED) is 0.623. The number of carboxylic acid groups (broad SMARTS) is 1. The van der Waals surface area contributed by atoms with Gasteiger partial charge in [0.2, 0.25) is 5.69 Å². The third kappa shape index (κ3) is 3.40. The zero-order valence-electron chi connectivity index (χ0n) is 11.7. The van der Waals surface area contributed by atoms with Gasteiger partial charge in [0.25, 0.3) is 5.69 Å². The van der Waals surface area contributed by atoms with Crippen molar-refractivity contribution in [2.45, 2.75) is 13.7 Å². The summed E-state index contributed by atoms with van der Waals surface area (Å²) in [6, 6.07) is 4.05. The largest absolute Gasteiger partial charge is 0.476 e. The summed E-state index contributed by atoms with van der Waals surface area (Å²) in [5, 5.41) is 33.9. The van der Waals surface area contributed by atoms with Gasteiger partial charge in [-0.1, -0.05) is 0 Å². The van der Waals surface area contributed by atoms with E-state index >= 15 is 0 Å². The molecule has 0 aliphatic carbocycles. The molecule has 0 aliphatic rings. The number of hydrogen-bond donors (Lipinski definition) is 1. The minimum Gasteiger partial charge on any atom is -0.476 e. The van der Waals surface area contributed by atoms with E-state index in [9.17, 15) is 25.0 Å². The Bertz CT molecular complexity index is 767. The first kappa shape index (κ1) is 15.9. The highest BCUT2D eigenvalue weighted by atomic mass is 16.6. The van der Waals surface area contributed by atoms with Gasteiger partial charge in [0.1, 0.15) is 11.9 Å². The van der Waals surface area contributed by atoms with Crippen molar-refractivity contribution in [3.8, 4) is 5.75 Å². The predicted octanol–water partition coefficient (Wildman–Crippen LogP) is 1.74. The fourth-order valence-electron chi connectivity index (χ4n) is 1.83. The molecule has 11 heteroatoms. The Morgan fingerprint density at radius 2 is 1.96 bits per heavy atom. The standard InChI is InChI=1S/C12H10N4O7/c1-7-4-8(2-3-9(7)15(19)20)23-6-14-5-10(16(21)22)11(13-14)12(17)18/h2-5H,6H2,1H3,(H,17,18). The van der Waals surface area contributed by atoms with E-state index in [1.54, 1.807) is 0 Å². The highest BCUT2D eigenvalue weighted by Gasteiger charge is 2.25. The van der Waals surface area contributed by atoms with Crippen LogP contribution in [0, 0.1) is 27.2 Å². The number of nitro groups is 2. The van der Waals surface area contributed by atoms with E-state index in [-0.39, 0.29) is 18.2 Å². The average molecular weight is 322 g/mol. The van der Waals surface area contributed by atoms with Gasteiger partial charge in [-0.15, -0.1) is 0 Å². The fraction of sp³-hybridized carbons (Fsp3) is 0.167. The molecular formula is C12H10N4O7. The molecule has 0 bridgehead atoms. The van der Waals surface area contributed by atoms with Crippen molar-refractivity contribution in [1.29, 1.82) is 0 Å². The predicted molar refractivity (Wildman–Crippen MR) is 74.3 cm³/mol. The van der Waals surface area contributed by atoms with E-state index in [1.165, 1.54) is 25.1 Å². The van der Waals surface area contributed by atoms with Gasteiger partial charge in [0.05, 0.1) is 9.85 Å². The molecule has 23 heavy (non-hydrogen) atoms. The lowest BCUT2D eigenvalue weighted by Crippen LogP contribution is -2.08. The van der Waals surface area contributed by atoms with Gasteiger partial charge in [-0.3, -0.25) is 20.2 Å².